The van der Waals surface area contributed by atoms with Crippen LogP contribution in [0.15, 0.2) is 24.3 Å². The number of carbonyl (C=O) groups is 1. The molecule has 1 unspecified atom stereocenters. The maximum Gasteiger partial charge on any atom is 0.260 e. The van der Waals surface area contributed by atoms with E-state index in [2.05, 4.69) is 0 Å². The van der Waals surface area contributed by atoms with E-state index in [0.717, 1.165) is 43.7 Å². The van der Waals surface area contributed by atoms with Crippen molar-refractivity contribution in [3.8, 4) is 5.75 Å². The van der Waals surface area contributed by atoms with Gasteiger partial charge in [-0.1, -0.05) is 25.1 Å². The molecule has 1 saturated heterocycles. The first-order chi connectivity index (χ1) is 9.72. The first-order valence-corrected chi connectivity index (χ1v) is 7.47. The highest BCUT2D eigenvalue weighted by Gasteiger charge is 2.18. The highest BCUT2D eigenvalue weighted by Crippen LogP contribution is 2.25. The van der Waals surface area contributed by atoms with Gasteiger partial charge in [-0.25, -0.2) is 0 Å². The molecular weight excluding hydrogens is 252 g/mol. The number of rotatable bonds is 5. The lowest BCUT2D eigenvalue weighted by Gasteiger charge is -2.26. The van der Waals surface area contributed by atoms with Gasteiger partial charge in [0.1, 0.15) is 5.75 Å². The minimum Gasteiger partial charge on any atom is -0.483 e. The lowest BCUT2D eigenvalue weighted by Crippen LogP contribution is -2.38. The predicted octanol–water partition coefficient (Wildman–Crippen LogP) is 2.49. The van der Waals surface area contributed by atoms with Gasteiger partial charge < -0.3 is 15.4 Å². The third-order valence-corrected chi connectivity index (χ3v) is 3.82. The van der Waals surface area contributed by atoms with Crippen LogP contribution >= 0.6 is 0 Å². The Kier molecular flexibility index (Phi) is 5.41. The van der Waals surface area contributed by atoms with Gasteiger partial charge in [0.2, 0.25) is 0 Å². The van der Waals surface area contributed by atoms with Gasteiger partial charge >= 0.3 is 0 Å². The Balaban J connectivity index is 1.94. The van der Waals surface area contributed by atoms with Crippen molar-refractivity contribution in [3.05, 3.63) is 29.8 Å². The summed E-state index contributed by atoms with van der Waals surface area (Å²) >= 11 is 0. The predicted molar refractivity (Wildman–Crippen MR) is 79.6 cm³/mol. The topological polar surface area (TPSA) is 55.6 Å². The zero-order valence-electron chi connectivity index (χ0n) is 12.2. The molecule has 1 aliphatic rings. The van der Waals surface area contributed by atoms with E-state index in [0.29, 0.717) is 0 Å². The van der Waals surface area contributed by atoms with Crippen LogP contribution in [0.3, 0.4) is 0 Å². The molecule has 1 aliphatic heterocycles. The fourth-order valence-corrected chi connectivity index (χ4v) is 2.51. The fourth-order valence-electron chi connectivity index (χ4n) is 2.51. The second kappa shape index (κ2) is 7.29. The molecule has 0 aliphatic carbocycles. The van der Waals surface area contributed by atoms with Gasteiger partial charge in [0.05, 0.1) is 0 Å². The molecule has 1 heterocycles. The second-order valence-corrected chi connectivity index (χ2v) is 5.28. The van der Waals surface area contributed by atoms with Crippen LogP contribution in [-0.4, -0.2) is 30.5 Å². The summed E-state index contributed by atoms with van der Waals surface area (Å²) in [6.07, 6.45) is 4.27. The number of ether oxygens (including phenoxy) is 1. The lowest BCUT2D eigenvalue weighted by molar-refractivity contribution is -0.134. The Morgan fingerprint density at radius 1 is 1.30 bits per heavy atom. The molecule has 2 N–H and O–H groups in total. The average molecular weight is 276 g/mol. The van der Waals surface area contributed by atoms with Crippen molar-refractivity contribution in [1.29, 1.82) is 0 Å². The van der Waals surface area contributed by atoms with Crippen molar-refractivity contribution in [2.75, 3.05) is 19.7 Å². The van der Waals surface area contributed by atoms with E-state index in [-0.39, 0.29) is 18.6 Å². The molecule has 1 aromatic carbocycles. The van der Waals surface area contributed by atoms with Crippen molar-refractivity contribution in [2.24, 2.45) is 5.73 Å². The highest BCUT2D eigenvalue weighted by molar-refractivity contribution is 5.77. The van der Waals surface area contributed by atoms with E-state index in [1.165, 1.54) is 6.42 Å². The number of likely N-dealkylation sites (tertiary alicyclic amines) is 1. The number of amides is 1. The van der Waals surface area contributed by atoms with E-state index in [1.54, 1.807) is 0 Å². The van der Waals surface area contributed by atoms with Crippen LogP contribution in [0.25, 0.3) is 0 Å². The van der Waals surface area contributed by atoms with Crippen LogP contribution < -0.4 is 10.5 Å². The molecule has 0 spiro atoms. The van der Waals surface area contributed by atoms with Crippen LogP contribution in [0.5, 0.6) is 5.75 Å². The summed E-state index contributed by atoms with van der Waals surface area (Å²) in [4.78, 5) is 14.0. The van der Waals surface area contributed by atoms with Crippen LogP contribution in [0, 0.1) is 0 Å². The van der Waals surface area contributed by atoms with E-state index < -0.39 is 0 Å². The summed E-state index contributed by atoms with van der Waals surface area (Å²) in [5, 5.41) is 0. The number of benzene rings is 1. The standard InChI is InChI=1S/C16H24N2O2/c1-2-14(17)13-8-4-5-9-15(13)20-12-16(19)18-10-6-3-7-11-18/h4-5,8-9,14H,2-3,6-7,10-12,17H2,1H3. The average Bonchev–Trinajstić information content (AvgIpc) is 2.53. The summed E-state index contributed by atoms with van der Waals surface area (Å²) < 4.78 is 5.70. The number of nitrogens with two attached hydrogens (primary N) is 1. The first kappa shape index (κ1) is 14.9. The quantitative estimate of drug-likeness (QED) is 0.899. The Bertz CT molecular complexity index is 442. The molecule has 20 heavy (non-hydrogen) atoms. The van der Waals surface area contributed by atoms with Crippen LogP contribution in [0.4, 0.5) is 0 Å². The van der Waals surface area contributed by atoms with Gasteiger partial charge in [-0.15, -0.1) is 0 Å². The molecule has 0 aromatic heterocycles. The molecule has 0 radical (unpaired) electrons. The van der Waals surface area contributed by atoms with Gasteiger partial charge in [-0.3, -0.25) is 4.79 Å². The number of hydrogen-bond acceptors (Lipinski definition) is 3. The van der Waals surface area contributed by atoms with E-state index >= 15 is 0 Å². The molecule has 1 aromatic rings. The van der Waals surface area contributed by atoms with Gasteiger partial charge in [-0.05, 0) is 31.7 Å². The number of nitrogens with zero attached hydrogens (tertiary/aromatic N) is 1. The second-order valence-electron chi connectivity index (χ2n) is 5.28. The summed E-state index contributed by atoms with van der Waals surface area (Å²) in [5.41, 5.74) is 7.04. The minimum absolute atomic E-state index is 0.0451. The maximum absolute atomic E-state index is 12.1. The zero-order chi connectivity index (χ0) is 14.4. The van der Waals surface area contributed by atoms with Gasteiger partial charge in [0.25, 0.3) is 5.91 Å². The Hall–Kier alpha value is -1.55. The summed E-state index contributed by atoms with van der Waals surface area (Å²) in [5.74, 6) is 0.803. The molecule has 0 saturated carbocycles. The third-order valence-electron chi connectivity index (χ3n) is 3.82. The molecule has 2 rings (SSSR count). The molecule has 0 bridgehead atoms. The number of piperidine rings is 1. The Labute approximate surface area is 120 Å². The summed E-state index contributed by atoms with van der Waals surface area (Å²) in [6, 6.07) is 7.66. The normalized spacial score (nSPS) is 16.8. The number of carbonyl (C=O) groups excluding carboxylic acids is 1. The van der Waals surface area contributed by atoms with Crippen LogP contribution in [0.1, 0.15) is 44.2 Å². The van der Waals surface area contributed by atoms with Crippen molar-refractivity contribution in [3.63, 3.8) is 0 Å². The molecule has 4 heteroatoms. The monoisotopic (exact) mass is 276 g/mol. The van der Waals surface area contributed by atoms with Crippen LogP contribution in [0.2, 0.25) is 0 Å². The van der Waals surface area contributed by atoms with Gasteiger partial charge in [-0.2, -0.15) is 0 Å². The minimum atomic E-state index is -0.0451. The first-order valence-electron chi connectivity index (χ1n) is 7.47. The Morgan fingerprint density at radius 2 is 2.00 bits per heavy atom. The molecule has 4 nitrogen and oxygen atoms in total. The third kappa shape index (κ3) is 3.73. The molecule has 1 amide bonds. The van der Waals surface area contributed by atoms with Gasteiger partial charge in [0, 0.05) is 24.7 Å². The largest absolute Gasteiger partial charge is 0.483 e. The summed E-state index contributed by atoms with van der Waals surface area (Å²) in [7, 11) is 0. The summed E-state index contributed by atoms with van der Waals surface area (Å²) in [6.45, 7) is 3.87. The fraction of sp³-hybridized carbons (Fsp3) is 0.562. The van der Waals surface area contributed by atoms with E-state index in [4.69, 9.17) is 10.5 Å². The number of para-hydroxylation sites is 1. The van der Waals surface area contributed by atoms with Crippen molar-refractivity contribution >= 4 is 5.91 Å². The van der Waals surface area contributed by atoms with Gasteiger partial charge in [0.15, 0.2) is 6.61 Å². The molecule has 110 valence electrons. The van der Waals surface area contributed by atoms with E-state index in [1.807, 2.05) is 36.1 Å². The van der Waals surface area contributed by atoms with Crippen LogP contribution in [-0.2, 0) is 4.79 Å². The maximum atomic E-state index is 12.1. The number of hydrogen-bond donors (Lipinski definition) is 1. The molecule has 1 atom stereocenters. The van der Waals surface area contributed by atoms with Crippen molar-refractivity contribution in [1.82, 2.24) is 4.90 Å². The SMILES string of the molecule is CCC(N)c1ccccc1OCC(=O)N1CCCCC1. The zero-order valence-corrected chi connectivity index (χ0v) is 12.2. The van der Waals surface area contributed by atoms with Crippen molar-refractivity contribution in [2.45, 2.75) is 38.6 Å². The van der Waals surface area contributed by atoms with E-state index in [9.17, 15) is 4.79 Å². The lowest BCUT2D eigenvalue weighted by atomic mass is 10.0. The molecule has 1 fully saturated rings. The smallest absolute Gasteiger partial charge is 0.260 e. The highest BCUT2D eigenvalue weighted by atomic mass is 16.5. The van der Waals surface area contributed by atoms with Crippen molar-refractivity contribution < 1.29 is 9.53 Å². The molecular formula is C16H24N2O2. The Morgan fingerprint density at radius 3 is 2.70 bits per heavy atom.